The molecule has 1 aromatic heterocycles. The van der Waals surface area contributed by atoms with E-state index in [1.807, 2.05) is 24.3 Å². The van der Waals surface area contributed by atoms with Crippen molar-refractivity contribution in [3.63, 3.8) is 0 Å². The third-order valence-corrected chi connectivity index (χ3v) is 4.57. The summed E-state index contributed by atoms with van der Waals surface area (Å²) in [7, 11) is 1.62. The summed E-state index contributed by atoms with van der Waals surface area (Å²) >= 11 is 1.43. The summed E-state index contributed by atoms with van der Waals surface area (Å²) in [6.45, 7) is 0.571. The highest BCUT2D eigenvalue weighted by Gasteiger charge is 2.11. The highest BCUT2D eigenvalue weighted by atomic mass is 32.1. The second-order valence-electron chi connectivity index (χ2n) is 5.58. The fourth-order valence-corrected chi connectivity index (χ4v) is 3.10. The number of hydrogen-bond donors (Lipinski definition) is 2. The predicted octanol–water partition coefficient (Wildman–Crippen LogP) is 3.58. The number of nitrogens with zero attached hydrogens (tertiary/aromatic N) is 1. The van der Waals surface area contributed by atoms with Crippen molar-refractivity contribution in [3.05, 3.63) is 35.3 Å². The summed E-state index contributed by atoms with van der Waals surface area (Å²) in [5.41, 5.74) is 1.37. The van der Waals surface area contributed by atoms with Crippen LogP contribution in [0.25, 0.3) is 10.6 Å². The van der Waals surface area contributed by atoms with Gasteiger partial charge in [-0.3, -0.25) is 9.59 Å². The van der Waals surface area contributed by atoms with Gasteiger partial charge < -0.3 is 15.2 Å². The molecule has 0 atom stereocenters. The number of ether oxygens (including phenoxy) is 1. The molecular weight excluding hydrogens is 340 g/mol. The second kappa shape index (κ2) is 9.78. The Kier molecular flexibility index (Phi) is 7.40. The van der Waals surface area contributed by atoms with Gasteiger partial charge in [-0.15, -0.1) is 11.3 Å². The molecule has 2 aromatic rings. The Bertz CT molecular complexity index is 697. The number of carboxylic acid groups (broad SMARTS) is 1. The number of unbranched alkanes of at least 4 members (excludes halogenated alkanes) is 3. The van der Waals surface area contributed by atoms with Crippen molar-refractivity contribution in [3.8, 4) is 16.3 Å². The topological polar surface area (TPSA) is 88.5 Å². The van der Waals surface area contributed by atoms with Crippen LogP contribution in [-0.4, -0.2) is 35.6 Å². The van der Waals surface area contributed by atoms with E-state index in [-0.39, 0.29) is 12.3 Å². The van der Waals surface area contributed by atoms with Gasteiger partial charge >= 0.3 is 5.97 Å². The summed E-state index contributed by atoms with van der Waals surface area (Å²) in [5.74, 6) is -0.160. The average molecular weight is 362 g/mol. The maximum absolute atomic E-state index is 12.1. The molecule has 0 fully saturated rings. The number of methoxy groups -OCH3 is 1. The molecular formula is C18H22N2O4S. The summed E-state index contributed by atoms with van der Waals surface area (Å²) in [5, 5.41) is 14.0. The van der Waals surface area contributed by atoms with Crippen LogP contribution in [0.15, 0.2) is 29.6 Å². The lowest BCUT2D eigenvalue weighted by molar-refractivity contribution is -0.137. The van der Waals surface area contributed by atoms with Crippen molar-refractivity contribution in [2.45, 2.75) is 32.1 Å². The molecule has 0 spiro atoms. The number of thiazole rings is 1. The zero-order valence-corrected chi connectivity index (χ0v) is 15.0. The molecule has 134 valence electrons. The van der Waals surface area contributed by atoms with E-state index in [2.05, 4.69) is 10.3 Å². The van der Waals surface area contributed by atoms with Gasteiger partial charge in [0.15, 0.2) is 0 Å². The number of carbonyl (C=O) groups excluding carboxylic acids is 1. The maximum atomic E-state index is 12.1. The SMILES string of the molecule is COc1ccc(-c2nc(C(=O)NCCCCCCC(=O)O)cs2)cc1. The van der Waals surface area contributed by atoms with Gasteiger partial charge in [0.25, 0.3) is 5.91 Å². The van der Waals surface area contributed by atoms with Crippen molar-refractivity contribution in [1.29, 1.82) is 0 Å². The fraction of sp³-hybridized carbons (Fsp3) is 0.389. The van der Waals surface area contributed by atoms with Crippen molar-refractivity contribution in [2.75, 3.05) is 13.7 Å². The second-order valence-corrected chi connectivity index (χ2v) is 6.44. The Hall–Kier alpha value is -2.41. The molecule has 0 aliphatic carbocycles. The fourth-order valence-electron chi connectivity index (χ4n) is 2.29. The number of aliphatic carboxylic acids is 1. The van der Waals surface area contributed by atoms with E-state index in [9.17, 15) is 9.59 Å². The third-order valence-electron chi connectivity index (χ3n) is 3.68. The highest BCUT2D eigenvalue weighted by Crippen LogP contribution is 2.25. The number of carboxylic acids is 1. The first-order valence-corrected chi connectivity index (χ1v) is 9.08. The van der Waals surface area contributed by atoms with Gasteiger partial charge in [-0.2, -0.15) is 0 Å². The molecule has 7 heteroatoms. The van der Waals surface area contributed by atoms with Crippen LogP contribution in [-0.2, 0) is 4.79 Å². The molecule has 1 heterocycles. The van der Waals surface area contributed by atoms with E-state index < -0.39 is 5.97 Å². The molecule has 0 bridgehead atoms. The van der Waals surface area contributed by atoms with Gasteiger partial charge in [0, 0.05) is 23.9 Å². The van der Waals surface area contributed by atoms with Gasteiger partial charge in [0.1, 0.15) is 16.5 Å². The molecule has 0 radical (unpaired) electrons. The summed E-state index contributed by atoms with van der Waals surface area (Å²) in [6.07, 6.45) is 3.49. The van der Waals surface area contributed by atoms with Crippen LogP contribution in [0.1, 0.15) is 42.6 Å². The van der Waals surface area contributed by atoms with Crippen molar-refractivity contribution in [2.24, 2.45) is 0 Å². The van der Waals surface area contributed by atoms with Crippen LogP contribution < -0.4 is 10.1 Å². The lowest BCUT2D eigenvalue weighted by atomic mass is 10.1. The predicted molar refractivity (Wildman–Crippen MR) is 97.2 cm³/mol. The molecule has 0 saturated heterocycles. The van der Waals surface area contributed by atoms with Gasteiger partial charge in [0.05, 0.1) is 7.11 Å². The molecule has 6 nitrogen and oxygen atoms in total. The van der Waals surface area contributed by atoms with Crippen LogP contribution in [0.4, 0.5) is 0 Å². The normalized spacial score (nSPS) is 10.4. The summed E-state index contributed by atoms with van der Waals surface area (Å²) in [4.78, 5) is 26.9. The zero-order chi connectivity index (χ0) is 18.1. The number of hydrogen-bond acceptors (Lipinski definition) is 5. The van der Waals surface area contributed by atoms with Crippen LogP contribution >= 0.6 is 11.3 Å². The maximum Gasteiger partial charge on any atom is 0.303 e. The van der Waals surface area contributed by atoms with E-state index in [4.69, 9.17) is 9.84 Å². The van der Waals surface area contributed by atoms with Crippen LogP contribution in [0.2, 0.25) is 0 Å². The van der Waals surface area contributed by atoms with Crippen LogP contribution in [0.3, 0.4) is 0 Å². The summed E-state index contributed by atoms with van der Waals surface area (Å²) < 4.78 is 5.13. The Labute approximate surface area is 150 Å². The number of rotatable bonds is 10. The van der Waals surface area contributed by atoms with Crippen LogP contribution in [0, 0.1) is 0 Å². The molecule has 0 unspecified atom stereocenters. The molecule has 0 saturated carbocycles. The minimum Gasteiger partial charge on any atom is -0.497 e. The van der Waals surface area contributed by atoms with Crippen molar-refractivity contribution in [1.82, 2.24) is 10.3 Å². The molecule has 1 aromatic carbocycles. The van der Waals surface area contributed by atoms with Crippen LogP contribution in [0.5, 0.6) is 5.75 Å². The molecule has 2 rings (SSSR count). The molecule has 0 aliphatic heterocycles. The number of nitrogens with one attached hydrogen (secondary N) is 1. The largest absolute Gasteiger partial charge is 0.497 e. The number of benzene rings is 1. The van der Waals surface area contributed by atoms with Gasteiger partial charge in [-0.05, 0) is 37.1 Å². The average Bonchev–Trinajstić information content (AvgIpc) is 3.10. The molecule has 0 aliphatic rings. The zero-order valence-electron chi connectivity index (χ0n) is 14.2. The first-order valence-electron chi connectivity index (χ1n) is 8.20. The van der Waals surface area contributed by atoms with E-state index >= 15 is 0 Å². The lowest BCUT2D eigenvalue weighted by Crippen LogP contribution is -2.24. The van der Waals surface area contributed by atoms with Gasteiger partial charge in [-0.1, -0.05) is 12.8 Å². The standard InChI is InChI=1S/C18H22N2O4S/c1-24-14-9-7-13(8-10-14)18-20-15(12-25-18)17(23)19-11-5-3-2-4-6-16(21)22/h7-10,12H,2-6,11H2,1H3,(H,19,23)(H,21,22). The monoisotopic (exact) mass is 362 g/mol. The van der Waals surface area contributed by atoms with E-state index in [0.29, 0.717) is 18.7 Å². The Morgan fingerprint density at radius 2 is 1.88 bits per heavy atom. The lowest BCUT2D eigenvalue weighted by Gasteiger charge is -2.03. The number of aromatic nitrogens is 1. The van der Waals surface area contributed by atoms with E-state index in [0.717, 1.165) is 35.6 Å². The van der Waals surface area contributed by atoms with Crippen molar-refractivity contribution >= 4 is 23.2 Å². The number of amides is 1. The Morgan fingerprint density at radius 1 is 1.16 bits per heavy atom. The highest BCUT2D eigenvalue weighted by molar-refractivity contribution is 7.13. The van der Waals surface area contributed by atoms with Crippen molar-refractivity contribution < 1.29 is 19.4 Å². The minimum absolute atomic E-state index is 0.179. The Morgan fingerprint density at radius 3 is 2.56 bits per heavy atom. The first kappa shape index (κ1) is 18.9. The smallest absolute Gasteiger partial charge is 0.303 e. The quantitative estimate of drug-likeness (QED) is 0.631. The summed E-state index contributed by atoms with van der Waals surface area (Å²) in [6, 6.07) is 7.55. The molecule has 1 amide bonds. The van der Waals surface area contributed by atoms with E-state index in [1.54, 1.807) is 12.5 Å². The Balaban J connectivity index is 1.75. The molecule has 2 N–H and O–H groups in total. The number of carbonyl (C=O) groups is 2. The first-order chi connectivity index (χ1) is 12.1. The minimum atomic E-state index is -0.760. The third kappa shape index (κ3) is 6.19. The van der Waals surface area contributed by atoms with Gasteiger partial charge in [0.2, 0.25) is 0 Å². The van der Waals surface area contributed by atoms with E-state index in [1.165, 1.54) is 11.3 Å². The van der Waals surface area contributed by atoms with Gasteiger partial charge in [-0.25, -0.2) is 4.98 Å². The molecule has 25 heavy (non-hydrogen) atoms.